The van der Waals surface area contributed by atoms with E-state index in [1.54, 1.807) is 18.2 Å². The maximum Gasteiger partial charge on any atom is 0.253 e. The number of benzene rings is 1. The highest BCUT2D eigenvalue weighted by atomic mass is 16.5. The molecule has 4 nitrogen and oxygen atoms in total. The summed E-state index contributed by atoms with van der Waals surface area (Å²) in [7, 11) is 0. The van der Waals surface area contributed by atoms with Gasteiger partial charge in [-0.25, -0.2) is 0 Å². The number of hydrogen-bond acceptors (Lipinski definition) is 3. The molecule has 0 saturated carbocycles. The maximum atomic E-state index is 12.5. The molecule has 0 spiro atoms. The largest absolute Gasteiger partial charge is 0.490 e. The zero-order valence-electron chi connectivity index (χ0n) is 13.3. The van der Waals surface area contributed by atoms with Gasteiger partial charge in [0.15, 0.2) is 0 Å². The molecule has 1 amide bonds. The summed E-state index contributed by atoms with van der Waals surface area (Å²) in [6.45, 7) is 7.80. The molecule has 1 aliphatic rings. The van der Waals surface area contributed by atoms with Crippen LogP contribution in [0.5, 0.6) is 5.75 Å². The SMILES string of the molecule is C=CCOc1ccc(C(=O)N2CCC(CC)(CO)CC2)cc1. The molecule has 2 rings (SSSR count). The smallest absolute Gasteiger partial charge is 0.253 e. The third-order valence-corrected chi connectivity index (χ3v) is 4.67. The molecule has 0 radical (unpaired) electrons. The minimum atomic E-state index is -0.000828. The first kappa shape index (κ1) is 16.6. The molecule has 4 heteroatoms. The molecule has 1 aliphatic heterocycles. The summed E-state index contributed by atoms with van der Waals surface area (Å²) in [6.07, 6.45) is 4.38. The van der Waals surface area contributed by atoms with Crippen LogP contribution in [0.3, 0.4) is 0 Å². The molecule has 1 fully saturated rings. The number of carbonyl (C=O) groups is 1. The van der Waals surface area contributed by atoms with Gasteiger partial charge < -0.3 is 14.7 Å². The first-order chi connectivity index (χ1) is 10.6. The van der Waals surface area contributed by atoms with Crippen molar-refractivity contribution in [2.24, 2.45) is 5.41 Å². The van der Waals surface area contributed by atoms with Crippen molar-refractivity contribution in [1.29, 1.82) is 0 Å². The topological polar surface area (TPSA) is 49.8 Å². The van der Waals surface area contributed by atoms with Gasteiger partial charge in [0, 0.05) is 25.3 Å². The summed E-state index contributed by atoms with van der Waals surface area (Å²) in [5.74, 6) is 0.790. The predicted molar refractivity (Wildman–Crippen MR) is 87.1 cm³/mol. The molecule has 1 aromatic carbocycles. The second-order valence-corrected chi connectivity index (χ2v) is 5.93. The Hall–Kier alpha value is -1.81. The van der Waals surface area contributed by atoms with Crippen LogP contribution in [-0.4, -0.2) is 42.2 Å². The molecule has 0 aromatic heterocycles. The van der Waals surface area contributed by atoms with Crippen LogP contribution in [0.2, 0.25) is 0 Å². The van der Waals surface area contributed by atoms with Crippen molar-refractivity contribution < 1.29 is 14.6 Å². The molecule has 0 aliphatic carbocycles. The summed E-state index contributed by atoms with van der Waals surface area (Å²) in [4.78, 5) is 14.4. The highest BCUT2D eigenvalue weighted by molar-refractivity contribution is 5.94. The lowest BCUT2D eigenvalue weighted by Gasteiger charge is -2.40. The van der Waals surface area contributed by atoms with E-state index in [4.69, 9.17) is 4.74 Å². The van der Waals surface area contributed by atoms with Crippen LogP contribution in [0, 0.1) is 5.41 Å². The van der Waals surface area contributed by atoms with Crippen LogP contribution in [0.4, 0.5) is 0 Å². The summed E-state index contributed by atoms with van der Waals surface area (Å²) < 4.78 is 5.42. The Labute approximate surface area is 132 Å². The minimum Gasteiger partial charge on any atom is -0.490 e. The van der Waals surface area contributed by atoms with E-state index in [1.807, 2.05) is 17.0 Å². The van der Waals surface area contributed by atoms with E-state index in [-0.39, 0.29) is 17.9 Å². The van der Waals surface area contributed by atoms with Gasteiger partial charge in [0.1, 0.15) is 12.4 Å². The Kier molecular flexibility index (Phi) is 5.61. The van der Waals surface area contributed by atoms with E-state index in [2.05, 4.69) is 13.5 Å². The Bertz CT molecular complexity index is 496. The Morgan fingerprint density at radius 2 is 2.00 bits per heavy atom. The fraction of sp³-hybridized carbons (Fsp3) is 0.500. The number of aliphatic hydroxyl groups excluding tert-OH is 1. The molecule has 0 unspecified atom stereocenters. The summed E-state index contributed by atoms with van der Waals surface area (Å²) in [6, 6.07) is 7.22. The molecule has 22 heavy (non-hydrogen) atoms. The number of nitrogens with zero attached hydrogens (tertiary/aromatic N) is 1. The number of piperidine rings is 1. The zero-order chi connectivity index (χ0) is 16.0. The monoisotopic (exact) mass is 303 g/mol. The Morgan fingerprint density at radius 1 is 1.36 bits per heavy atom. The van der Waals surface area contributed by atoms with E-state index in [0.717, 1.165) is 25.0 Å². The lowest BCUT2D eigenvalue weighted by atomic mass is 9.77. The van der Waals surface area contributed by atoms with E-state index >= 15 is 0 Å². The molecule has 120 valence electrons. The summed E-state index contributed by atoms with van der Waals surface area (Å²) in [5.41, 5.74) is 0.679. The molecule has 1 heterocycles. The quantitative estimate of drug-likeness (QED) is 0.822. The lowest BCUT2D eigenvalue weighted by Crippen LogP contribution is -2.44. The van der Waals surface area contributed by atoms with Crippen LogP contribution >= 0.6 is 0 Å². The van der Waals surface area contributed by atoms with E-state index in [1.165, 1.54) is 0 Å². The first-order valence-electron chi connectivity index (χ1n) is 7.88. The average molecular weight is 303 g/mol. The van der Waals surface area contributed by atoms with Gasteiger partial charge in [-0.2, -0.15) is 0 Å². The summed E-state index contributed by atoms with van der Waals surface area (Å²) >= 11 is 0. The third-order valence-electron chi connectivity index (χ3n) is 4.67. The normalized spacial score (nSPS) is 17.1. The van der Waals surface area contributed by atoms with Crippen LogP contribution in [0.1, 0.15) is 36.5 Å². The van der Waals surface area contributed by atoms with Gasteiger partial charge >= 0.3 is 0 Å². The van der Waals surface area contributed by atoms with Crippen LogP contribution in [-0.2, 0) is 0 Å². The van der Waals surface area contributed by atoms with E-state index < -0.39 is 0 Å². The van der Waals surface area contributed by atoms with Gasteiger partial charge in [-0.15, -0.1) is 0 Å². The van der Waals surface area contributed by atoms with Crippen molar-refractivity contribution >= 4 is 5.91 Å². The number of carbonyl (C=O) groups excluding carboxylic acids is 1. The number of hydrogen-bond donors (Lipinski definition) is 1. The van der Waals surface area contributed by atoms with Crippen molar-refractivity contribution in [3.05, 3.63) is 42.5 Å². The van der Waals surface area contributed by atoms with Crippen molar-refractivity contribution in [1.82, 2.24) is 4.90 Å². The molecule has 0 bridgehead atoms. The van der Waals surface area contributed by atoms with Crippen LogP contribution in [0.25, 0.3) is 0 Å². The second-order valence-electron chi connectivity index (χ2n) is 5.93. The highest BCUT2D eigenvalue weighted by Gasteiger charge is 2.34. The molecular weight excluding hydrogens is 278 g/mol. The minimum absolute atomic E-state index is 0.000828. The van der Waals surface area contributed by atoms with E-state index in [9.17, 15) is 9.90 Å². The third kappa shape index (κ3) is 3.69. The fourth-order valence-corrected chi connectivity index (χ4v) is 2.84. The molecule has 1 aromatic rings. The van der Waals surface area contributed by atoms with Crippen molar-refractivity contribution in [2.45, 2.75) is 26.2 Å². The number of ether oxygens (including phenoxy) is 1. The number of rotatable bonds is 6. The van der Waals surface area contributed by atoms with Gasteiger partial charge in [-0.3, -0.25) is 4.79 Å². The highest BCUT2D eigenvalue weighted by Crippen LogP contribution is 2.34. The zero-order valence-corrected chi connectivity index (χ0v) is 13.3. The van der Waals surface area contributed by atoms with Gasteiger partial charge in [0.2, 0.25) is 0 Å². The van der Waals surface area contributed by atoms with Crippen molar-refractivity contribution in [2.75, 3.05) is 26.3 Å². The number of likely N-dealkylation sites (tertiary alicyclic amines) is 1. The summed E-state index contributed by atoms with van der Waals surface area (Å²) in [5, 5.41) is 9.56. The van der Waals surface area contributed by atoms with E-state index in [0.29, 0.717) is 25.3 Å². The van der Waals surface area contributed by atoms with Crippen LogP contribution in [0.15, 0.2) is 36.9 Å². The first-order valence-corrected chi connectivity index (χ1v) is 7.88. The maximum absolute atomic E-state index is 12.5. The Balaban J connectivity index is 1.96. The van der Waals surface area contributed by atoms with Crippen LogP contribution < -0.4 is 4.74 Å². The van der Waals surface area contributed by atoms with Gasteiger partial charge in [-0.1, -0.05) is 19.6 Å². The lowest BCUT2D eigenvalue weighted by molar-refractivity contribution is 0.0338. The standard InChI is InChI=1S/C18H25NO3/c1-3-13-22-16-7-5-15(6-8-16)17(21)19-11-9-18(4-2,14-20)10-12-19/h3,5-8,20H,1,4,9-14H2,2H3. The van der Waals surface area contributed by atoms with Gasteiger partial charge in [0.05, 0.1) is 0 Å². The van der Waals surface area contributed by atoms with Crippen molar-refractivity contribution in [3.8, 4) is 5.75 Å². The van der Waals surface area contributed by atoms with Gasteiger partial charge in [-0.05, 0) is 48.9 Å². The molecule has 0 atom stereocenters. The molecule has 1 N–H and O–H groups in total. The predicted octanol–water partition coefficient (Wildman–Crippen LogP) is 2.88. The molecule has 1 saturated heterocycles. The van der Waals surface area contributed by atoms with Gasteiger partial charge in [0.25, 0.3) is 5.91 Å². The number of aliphatic hydroxyl groups is 1. The van der Waals surface area contributed by atoms with Crippen molar-refractivity contribution in [3.63, 3.8) is 0 Å². The number of amides is 1. The average Bonchev–Trinajstić information content (AvgIpc) is 2.60. The molecular formula is C18H25NO3. The fourth-order valence-electron chi connectivity index (χ4n) is 2.84. The Morgan fingerprint density at radius 3 is 2.50 bits per heavy atom. The second kappa shape index (κ2) is 7.45.